The molecule has 0 saturated carbocycles. The van der Waals surface area contributed by atoms with Gasteiger partial charge in [0.05, 0.1) is 0 Å². The Balaban J connectivity index is 4.25. The van der Waals surface area contributed by atoms with Crippen LogP contribution in [-0.4, -0.2) is 37.2 Å². The lowest BCUT2D eigenvalue weighted by Gasteiger charge is -2.18. The van der Waals surface area contributed by atoms with E-state index < -0.39 is 6.10 Å². The summed E-state index contributed by atoms with van der Waals surface area (Å²) in [4.78, 5) is 38.1. The van der Waals surface area contributed by atoms with Gasteiger partial charge >= 0.3 is 17.9 Å². The number of esters is 3. The van der Waals surface area contributed by atoms with Gasteiger partial charge in [-0.15, -0.1) is 0 Å². The molecule has 65 heavy (non-hydrogen) atoms. The lowest BCUT2D eigenvalue weighted by atomic mass is 10.0. The van der Waals surface area contributed by atoms with Gasteiger partial charge in [-0.05, 0) is 25.2 Å². The second kappa shape index (κ2) is 53.4. The van der Waals surface area contributed by atoms with Crippen LogP contribution in [0.3, 0.4) is 0 Å². The van der Waals surface area contributed by atoms with Crippen LogP contribution < -0.4 is 0 Å². The van der Waals surface area contributed by atoms with E-state index in [0.29, 0.717) is 19.3 Å². The fraction of sp³-hybridized carbons (Fsp3) is 0.949. The van der Waals surface area contributed by atoms with Gasteiger partial charge in [-0.25, -0.2) is 0 Å². The number of ether oxygens (including phenoxy) is 3. The molecule has 0 aliphatic rings. The number of carbonyl (C=O) groups is 3. The zero-order valence-electron chi connectivity index (χ0n) is 44.5. The molecule has 0 spiro atoms. The van der Waals surface area contributed by atoms with Gasteiger partial charge in [-0.3, -0.25) is 14.4 Å². The number of hydrogen-bond donors (Lipinski definition) is 0. The van der Waals surface area contributed by atoms with Crippen LogP contribution in [0.2, 0.25) is 0 Å². The lowest BCUT2D eigenvalue weighted by Crippen LogP contribution is -2.30. The molecule has 0 aliphatic heterocycles. The SMILES string of the molecule is CCCCCCCCCCCCCCCCCCCCC(=O)OC[C@H](COC(=O)CCCCCCCCCCCCCCCCC(C)C)OC(=O)CCCCCCCCCCCCCC. The van der Waals surface area contributed by atoms with Crippen molar-refractivity contribution in [3.8, 4) is 0 Å². The van der Waals surface area contributed by atoms with Crippen molar-refractivity contribution in [2.24, 2.45) is 5.92 Å². The molecule has 386 valence electrons. The third-order valence-electron chi connectivity index (χ3n) is 13.5. The highest BCUT2D eigenvalue weighted by Crippen LogP contribution is 2.18. The highest BCUT2D eigenvalue weighted by molar-refractivity contribution is 5.71. The fourth-order valence-corrected chi connectivity index (χ4v) is 9.10. The Hall–Kier alpha value is -1.59. The van der Waals surface area contributed by atoms with Crippen molar-refractivity contribution in [1.82, 2.24) is 0 Å². The molecule has 0 amide bonds. The van der Waals surface area contributed by atoms with Gasteiger partial charge in [0.15, 0.2) is 6.10 Å². The maximum atomic E-state index is 12.8. The molecule has 6 heteroatoms. The predicted molar refractivity (Wildman–Crippen MR) is 280 cm³/mol. The van der Waals surface area contributed by atoms with Crippen molar-refractivity contribution in [2.75, 3.05) is 13.2 Å². The minimum absolute atomic E-state index is 0.0617. The summed E-state index contributed by atoms with van der Waals surface area (Å²) < 4.78 is 16.9. The Labute approximate surface area is 406 Å². The summed E-state index contributed by atoms with van der Waals surface area (Å²) in [5.41, 5.74) is 0. The second-order valence-electron chi connectivity index (χ2n) is 20.8. The van der Waals surface area contributed by atoms with E-state index in [0.717, 1.165) is 63.7 Å². The van der Waals surface area contributed by atoms with E-state index in [4.69, 9.17) is 14.2 Å². The number of rotatable bonds is 54. The van der Waals surface area contributed by atoms with E-state index in [1.807, 2.05) is 0 Å². The third-order valence-corrected chi connectivity index (χ3v) is 13.5. The van der Waals surface area contributed by atoms with Crippen LogP contribution >= 0.6 is 0 Å². The van der Waals surface area contributed by atoms with Gasteiger partial charge in [0.1, 0.15) is 13.2 Å². The molecule has 0 aliphatic carbocycles. The number of unbranched alkanes of at least 4 members (excludes halogenated alkanes) is 41. The van der Waals surface area contributed by atoms with Crippen LogP contribution in [0.4, 0.5) is 0 Å². The molecule has 0 aromatic carbocycles. The molecule has 0 fully saturated rings. The van der Waals surface area contributed by atoms with E-state index in [2.05, 4.69) is 27.7 Å². The van der Waals surface area contributed by atoms with Gasteiger partial charge in [-0.2, -0.15) is 0 Å². The average molecular weight is 920 g/mol. The topological polar surface area (TPSA) is 78.9 Å². The van der Waals surface area contributed by atoms with Gasteiger partial charge in [0, 0.05) is 19.3 Å². The molecule has 0 heterocycles. The summed E-state index contributed by atoms with van der Waals surface area (Å²) in [7, 11) is 0. The van der Waals surface area contributed by atoms with Crippen molar-refractivity contribution < 1.29 is 28.6 Å². The largest absolute Gasteiger partial charge is 0.462 e. The molecule has 0 unspecified atom stereocenters. The van der Waals surface area contributed by atoms with Gasteiger partial charge in [0.25, 0.3) is 0 Å². The Bertz CT molecular complexity index is 980. The van der Waals surface area contributed by atoms with Crippen molar-refractivity contribution in [1.29, 1.82) is 0 Å². The summed E-state index contributed by atoms with van der Waals surface area (Å²) >= 11 is 0. The van der Waals surface area contributed by atoms with Crippen molar-refractivity contribution in [3.05, 3.63) is 0 Å². The predicted octanol–water partition coefficient (Wildman–Crippen LogP) is 19.4. The Morgan fingerprint density at radius 1 is 0.292 bits per heavy atom. The summed E-state index contributed by atoms with van der Waals surface area (Å²) in [6, 6.07) is 0. The lowest BCUT2D eigenvalue weighted by molar-refractivity contribution is -0.167. The molecule has 0 aromatic rings. The van der Waals surface area contributed by atoms with Gasteiger partial charge in [0.2, 0.25) is 0 Å². The minimum atomic E-state index is -0.761. The van der Waals surface area contributed by atoms with E-state index in [9.17, 15) is 14.4 Å². The smallest absolute Gasteiger partial charge is 0.306 e. The summed E-state index contributed by atoms with van der Waals surface area (Å²) in [5, 5.41) is 0. The van der Waals surface area contributed by atoms with E-state index in [-0.39, 0.29) is 31.1 Å². The van der Waals surface area contributed by atoms with Crippen LogP contribution in [-0.2, 0) is 28.6 Å². The quantitative estimate of drug-likeness (QED) is 0.0344. The first-order chi connectivity index (χ1) is 31.9. The first-order valence-corrected chi connectivity index (χ1v) is 29.4. The van der Waals surface area contributed by atoms with Crippen molar-refractivity contribution in [2.45, 2.75) is 342 Å². The van der Waals surface area contributed by atoms with Crippen molar-refractivity contribution in [3.63, 3.8) is 0 Å². The zero-order valence-corrected chi connectivity index (χ0v) is 44.5. The standard InChI is InChI=1S/C59H114O6/c1-5-7-9-11-13-15-17-19-20-21-22-23-27-31-34-38-42-46-50-57(60)63-53-56(65-59(62)52-48-44-40-36-30-18-16-14-12-10-8-6-2)54-64-58(61)51-47-43-39-35-32-28-25-24-26-29-33-37-41-45-49-55(3)4/h55-56H,5-54H2,1-4H3/t56-/m1/s1. The van der Waals surface area contributed by atoms with Crippen LogP contribution in [0.25, 0.3) is 0 Å². The molecular formula is C59H114O6. The Morgan fingerprint density at radius 2 is 0.508 bits per heavy atom. The molecule has 0 N–H and O–H groups in total. The molecule has 6 nitrogen and oxygen atoms in total. The Kier molecular flexibility index (Phi) is 52.1. The second-order valence-corrected chi connectivity index (χ2v) is 20.8. The molecule has 0 aromatic heterocycles. The third kappa shape index (κ3) is 53.2. The molecule has 0 radical (unpaired) electrons. The molecule has 0 rings (SSSR count). The van der Waals surface area contributed by atoms with E-state index >= 15 is 0 Å². The molecular weight excluding hydrogens is 805 g/mol. The van der Waals surface area contributed by atoms with Crippen LogP contribution in [0, 0.1) is 5.92 Å². The molecule has 1 atom stereocenters. The van der Waals surface area contributed by atoms with E-state index in [1.165, 1.54) is 231 Å². The summed E-state index contributed by atoms with van der Waals surface area (Å²) in [5.74, 6) is 0.0102. The highest BCUT2D eigenvalue weighted by Gasteiger charge is 2.19. The summed E-state index contributed by atoms with van der Waals surface area (Å²) in [6.07, 6.45) is 58.1. The first-order valence-electron chi connectivity index (χ1n) is 29.4. The monoisotopic (exact) mass is 919 g/mol. The van der Waals surface area contributed by atoms with Crippen LogP contribution in [0.15, 0.2) is 0 Å². The first kappa shape index (κ1) is 63.4. The summed E-state index contributed by atoms with van der Waals surface area (Å²) in [6.45, 7) is 9.07. The van der Waals surface area contributed by atoms with Crippen LogP contribution in [0.1, 0.15) is 336 Å². The van der Waals surface area contributed by atoms with E-state index in [1.54, 1.807) is 0 Å². The van der Waals surface area contributed by atoms with Crippen LogP contribution in [0.5, 0.6) is 0 Å². The maximum absolute atomic E-state index is 12.8. The fourth-order valence-electron chi connectivity index (χ4n) is 9.10. The van der Waals surface area contributed by atoms with Crippen molar-refractivity contribution >= 4 is 17.9 Å². The average Bonchev–Trinajstić information content (AvgIpc) is 3.29. The maximum Gasteiger partial charge on any atom is 0.306 e. The zero-order chi connectivity index (χ0) is 47.4. The molecule has 0 saturated heterocycles. The normalized spacial score (nSPS) is 12.0. The van der Waals surface area contributed by atoms with Gasteiger partial charge < -0.3 is 14.2 Å². The minimum Gasteiger partial charge on any atom is -0.462 e. The highest BCUT2D eigenvalue weighted by atomic mass is 16.6. The number of hydrogen-bond acceptors (Lipinski definition) is 6. The number of carbonyl (C=O) groups excluding carboxylic acids is 3. The van der Waals surface area contributed by atoms with Gasteiger partial charge in [-0.1, -0.05) is 297 Å². The Morgan fingerprint density at radius 3 is 0.754 bits per heavy atom. The molecule has 0 bridgehead atoms.